The molecule has 0 heterocycles. The Balaban J connectivity index is 1.89. The smallest absolute Gasteiger partial charge is 0.272 e. The van der Waals surface area contributed by atoms with Crippen molar-refractivity contribution in [1.29, 1.82) is 0 Å². The van der Waals surface area contributed by atoms with Gasteiger partial charge >= 0.3 is 0 Å². The van der Waals surface area contributed by atoms with Gasteiger partial charge in [0.1, 0.15) is 17.3 Å². The van der Waals surface area contributed by atoms with Gasteiger partial charge in [-0.15, -0.1) is 0 Å². The maximum Gasteiger partial charge on any atom is 0.272 e. The largest absolute Gasteiger partial charge is 0.485 e. The van der Waals surface area contributed by atoms with Gasteiger partial charge in [0.2, 0.25) is 0 Å². The molecule has 0 radical (unpaired) electrons. The number of sulfonamides is 1. The summed E-state index contributed by atoms with van der Waals surface area (Å²) < 4.78 is 61.6. The first-order valence-electron chi connectivity index (χ1n) is 10.4. The third kappa shape index (κ3) is 5.23. The third-order valence-corrected chi connectivity index (χ3v) is 7.19. The van der Waals surface area contributed by atoms with Gasteiger partial charge in [-0.05, 0) is 63.6 Å². The fraction of sp³-hybridized carbons (Fsp3) is 0.304. The summed E-state index contributed by atoms with van der Waals surface area (Å²) in [7, 11) is -4.32. The van der Waals surface area contributed by atoms with Crippen molar-refractivity contribution in [2.24, 2.45) is 0 Å². The van der Waals surface area contributed by atoms with Crippen molar-refractivity contribution >= 4 is 33.0 Å². The molecule has 1 N–H and O–H groups in total. The highest BCUT2D eigenvalue weighted by Crippen LogP contribution is 2.31. The Labute approximate surface area is 200 Å². The second-order valence-corrected chi connectivity index (χ2v) is 10.2. The number of benzene rings is 2. The minimum atomic E-state index is -4.32. The van der Waals surface area contributed by atoms with Crippen LogP contribution in [-0.4, -0.2) is 27.1 Å². The molecule has 0 aromatic heterocycles. The molecule has 182 valence electrons. The van der Waals surface area contributed by atoms with Crippen LogP contribution in [0.4, 0.5) is 20.2 Å². The fourth-order valence-corrected chi connectivity index (χ4v) is 5.19. The summed E-state index contributed by atoms with van der Waals surface area (Å²) in [6.45, 7) is 4.99. The number of rotatable bonds is 10. The Kier molecular flexibility index (Phi) is 7.62. The first kappa shape index (κ1) is 25.6. The maximum atomic E-state index is 14.7. The second kappa shape index (κ2) is 10.1. The van der Waals surface area contributed by atoms with E-state index >= 15 is 0 Å². The average molecular weight is 513 g/mol. The lowest BCUT2D eigenvalue weighted by molar-refractivity contribution is 0.238. The van der Waals surface area contributed by atoms with E-state index in [1.807, 2.05) is 0 Å². The van der Waals surface area contributed by atoms with Gasteiger partial charge in [-0.25, -0.2) is 17.2 Å². The second-order valence-electron chi connectivity index (χ2n) is 7.94. The Bertz CT molecular complexity index is 1350. The van der Waals surface area contributed by atoms with E-state index in [9.17, 15) is 26.8 Å². The van der Waals surface area contributed by atoms with E-state index in [4.69, 9.17) is 16.3 Å². The Hall–Kier alpha value is -2.98. The number of nitrogens with zero attached hydrogens (tertiary/aromatic N) is 1. The zero-order valence-corrected chi connectivity index (χ0v) is 20.2. The van der Waals surface area contributed by atoms with E-state index in [1.54, 1.807) is 13.8 Å². The highest BCUT2D eigenvalue weighted by Gasteiger charge is 2.32. The topological polar surface area (TPSA) is 92.8 Å². The van der Waals surface area contributed by atoms with E-state index in [0.29, 0.717) is 5.02 Å². The van der Waals surface area contributed by atoms with Crippen molar-refractivity contribution in [3.63, 3.8) is 0 Å². The van der Waals surface area contributed by atoms with Gasteiger partial charge in [-0.1, -0.05) is 11.6 Å². The maximum absolute atomic E-state index is 14.7. The number of anilines is 2. The van der Waals surface area contributed by atoms with Gasteiger partial charge in [0, 0.05) is 23.7 Å². The standard InChI is InChI=1S/C23H23ClF2N2O5S/c1-13(2)33-23-20(21(29)22(23)30)27-11-10-14(3)28(19-12-16(25)6-9-18(19)26)34(31,32)17-7-4-15(24)5-8-17/h4-9,12-14,27H,10-11H2,1-3H3/t14-/m1/s1. The predicted molar refractivity (Wildman–Crippen MR) is 127 cm³/mol. The van der Waals surface area contributed by atoms with Crippen molar-refractivity contribution in [2.45, 2.75) is 44.2 Å². The highest BCUT2D eigenvalue weighted by atomic mass is 35.5. The molecule has 0 aliphatic carbocycles. The van der Waals surface area contributed by atoms with Crippen molar-refractivity contribution in [3.8, 4) is 5.75 Å². The van der Waals surface area contributed by atoms with Gasteiger partial charge in [0.05, 0.1) is 16.7 Å². The Morgan fingerprint density at radius 3 is 2.29 bits per heavy atom. The van der Waals surface area contributed by atoms with Gasteiger partial charge in [-0.2, -0.15) is 0 Å². The molecule has 3 aromatic rings. The zero-order valence-electron chi connectivity index (χ0n) is 18.6. The van der Waals surface area contributed by atoms with Crippen molar-refractivity contribution in [2.75, 3.05) is 16.2 Å². The lowest BCUT2D eigenvalue weighted by atomic mass is 10.1. The molecular formula is C23H23ClF2N2O5S. The molecule has 0 spiro atoms. The molecule has 0 saturated heterocycles. The van der Waals surface area contributed by atoms with Crippen LogP contribution < -0.4 is 25.2 Å². The van der Waals surface area contributed by atoms with Crippen molar-refractivity contribution in [1.82, 2.24) is 0 Å². The van der Waals surface area contributed by atoms with Crippen LogP contribution in [0.1, 0.15) is 27.2 Å². The minimum Gasteiger partial charge on any atom is -0.485 e. The monoisotopic (exact) mass is 512 g/mol. The molecule has 3 aromatic carbocycles. The van der Waals surface area contributed by atoms with Crippen molar-refractivity contribution < 1.29 is 21.9 Å². The van der Waals surface area contributed by atoms with Crippen LogP contribution in [0.2, 0.25) is 5.02 Å². The van der Waals surface area contributed by atoms with Gasteiger partial charge in [0.25, 0.3) is 20.9 Å². The predicted octanol–water partition coefficient (Wildman–Crippen LogP) is 4.09. The first-order valence-corrected chi connectivity index (χ1v) is 12.2. The van der Waals surface area contributed by atoms with Gasteiger partial charge in [0.15, 0.2) is 5.75 Å². The number of hydrogen-bond acceptors (Lipinski definition) is 6. The summed E-state index contributed by atoms with van der Waals surface area (Å²) in [6, 6.07) is 6.96. The molecule has 0 saturated carbocycles. The third-order valence-electron chi connectivity index (χ3n) is 5.00. The molecule has 7 nitrogen and oxygen atoms in total. The van der Waals surface area contributed by atoms with E-state index in [0.717, 1.165) is 22.5 Å². The summed E-state index contributed by atoms with van der Waals surface area (Å²) in [5.74, 6) is -1.81. The summed E-state index contributed by atoms with van der Waals surface area (Å²) in [4.78, 5) is 23.5. The molecule has 0 amide bonds. The first-order chi connectivity index (χ1) is 15.9. The molecule has 0 bridgehead atoms. The molecule has 0 aliphatic rings. The summed E-state index contributed by atoms with van der Waals surface area (Å²) in [6.07, 6.45) is -0.235. The van der Waals surface area contributed by atoms with E-state index in [-0.39, 0.29) is 35.4 Å². The van der Waals surface area contributed by atoms with Crippen LogP contribution in [0.3, 0.4) is 0 Å². The normalized spacial score (nSPS) is 12.7. The van der Waals surface area contributed by atoms with Crippen LogP contribution in [-0.2, 0) is 10.0 Å². The Morgan fingerprint density at radius 2 is 1.68 bits per heavy atom. The van der Waals surface area contributed by atoms with E-state index in [1.165, 1.54) is 31.2 Å². The zero-order chi connectivity index (χ0) is 25.2. The molecule has 3 rings (SSSR count). The van der Waals surface area contributed by atoms with Crippen LogP contribution in [0.5, 0.6) is 5.75 Å². The minimum absolute atomic E-state index is 0.00921. The van der Waals surface area contributed by atoms with Crippen LogP contribution in [0, 0.1) is 11.6 Å². The lowest BCUT2D eigenvalue weighted by Gasteiger charge is -2.31. The SMILES string of the molecule is CC(C)Oc1c(NCC[C@@H](C)N(c2cc(F)ccc2F)S(=O)(=O)c2ccc(Cl)cc2)c(=O)c1=O. The van der Waals surface area contributed by atoms with E-state index in [2.05, 4.69) is 5.32 Å². The number of ether oxygens (including phenoxy) is 1. The fourth-order valence-electron chi connectivity index (χ4n) is 3.38. The molecule has 1 atom stereocenters. The van der Waals surface area contributed by atoms with Gasteiger partial charge < -0.3 is 10.1 Å². The molecule has 11 heteroatoms. The quantitative estimate of drug-likeness (QED) is 0.411. The number of nitrogens with one attached hydrogen (secondary N) is 1. The Morgan fingerprint density at radius 1 is 1.03 bits per heavy atom. The van der Waals surface area contributed by atoms with Crippen LogP contribution >= 0.6 is 11.6 Å². The summed E-state index contributed by atoms with van der Waals surface area (Å²) in [5, 5.41) is 3.11. The lowest BCUT2D eigenvalue weighted by Crippen LogP contribution is -2.41. The van der Waals surface area contributed by atoms with Crippen LogP contribution in [0.15, 0.2) is 56.9 Å². The van der Waals surface area contributed by atoms with Crippen LogP contribution in [0.25, 0.3) is 0 Å². The van der Waals surface area contributed by atoms with E-state index < -0.39 is 44.2 Å². The average Bonchev–Trinajstić information content (AvgIpc) is 2.77. The summed E-state index contributed by atoms with van der Waals surface area (Å²) in [5.41, 5.74) is -1.92. The molecular weight excluding hydrogens is 490 g/mol. The summed E-state index contributed by atoms with van der Waals surface area (Å²) >= 11 is 5.86. The molecule has 34 heavy (non-hydrogen) atoms. The number of hydrogen-bond donors (Lipinski definition) is 1. The highest BCUT2D eigenvalue weighted by molar-refractivity contribution is 7.92. The van der Waals surface area contributed by atoms with Gasteiger partial charge in [-0.3, -0.25) is 13.9 Å². The van der Waals surface area contributed by atoms with Crippen molar-refractivity contribution in [3.05, 3.63) is 79.6 Å². The number of halogens is 3. The molecule has 0 unspecified atom stereocenters. The molecule has 0 fully saturated rings. The molecule has 0 aliphatic heterocycles.